The van der Waals surface area contributed by atoms with E-state index in [0.717, 1.165) is 16.9 Å². The Morgan fingerprint density at radius 2 is 1.81 bits per heavy atom. The highest BCUT2D eigenvalue weighted by molar-refractivity contribution is 5.94. The summed E-state index contributed by atoms with van der Waals surface area (Å²) in [5.41, 5.74) is 2.65. The maximum absolute atomic E-state index is 12.7. The zero-order valence-corrected chi connectivity index (χ0v) is 14.8. The van der Waals surface area contributed by atoms with Crippen LogP contribution in [0.5, 0.6) is 11.5 Å². The monoisotopic (exact) mass is 360 g/mol. The quantitative estimate of drug-likeness (QED) is 0.756. The largest absolute Gasteiger partial charge is 0.486 e. The number of hydrogen-bond donors (Lipinski definition) is 1. The minimum atomic E-state index is -0.198. The molecule has 0 aliphatic carbocycles. The van der Waals surface area contributed by atoms with Gasteiger partial charge in [-0.2, -0.15) is 0 Å². The van der Waals surface area contributed by atoms with Gasteiger partial charge in [0.1, 0.15) is 13.2 Å². The molecule has 1 aliphatic heterocycles. The van der Waals surface area contributed by atoms with Crippen LogP contribution < -0.4 is 14.8 Å². The van der Waals surface area contributed by atoms with Gasteiger partial charge in [0.15, 0.2) is 11.5 Å². The van der Waals surface area contributed by atoms with Crippen LogP contribution in [0.4, 0.5) is 0 Å². The van der Waals surface area contributed by atoms with Crippen molar-refractivity contribution < 1.29 is 14.3 Å². The van der Waals surface area contributed by atoms with Gasteiger partial charge in [0, 0.05) is 12.4 Å². The molecule has 136 valence electrons. The van der Waals surface area contributed by atoms with E-state index >= 15 is 0 Å². The summed E-state index contributed by atoms with van der Waals surface area (Å²) in [6, 6.07) is 19.2. The van der Waals surface area contributed by atoms with E-state index in [-0.39, 0.29) is 11.9 Å². The molecule has 1 aliphatic rings. The van der Waals surface area contributed by atoms with Gasteiger partial charge in [-0.05, 0) is 41.8 Å². The Labute approximate surface area is 158 Å². The van der Waals surface area contributed by atoms with Gasteiger partial charge < -0.3 is 14.8 Å². The molecule has 0 saturated heterocycles. The van der Waals surface area contributed by atoms with Crippen molar-refractivity contribution in [1.29, 1.82) is 0 Å². The molecule has 1 amide bonds. The van der Waals surface area contributed by atoms with E-state index in [4.69, 9.17) is 9.47 Å². The molecule has 0 saturated carbocycles. The number of nitrogens with one attached hydrogen (secondary N) is 1. The van der Waals surface area contributed by atoms with Crippen LogP contribution in [0.1, 0.15) is 27.5 Å². The maximum atomic E-state index is 12.7. The topological polar surface area (TPSA) is 60.5 Å². The predicted molar refractivity (Wildman–Crippen MR) is 102 cm³/mol. The van der Waals surface area contributed by atoms with E-state index in [1.165, 1.54) is 0 Å². The molecule has 1 atom stereocenters. The van der Waals surface area contributed by atoms with E-state index in [1.54, 1.807) is 24.5 Å². The van der Waals surface area contributed by atoms with Gasteiger partial charge in [0.2, 0.25) is 0 Å². The smallest absolute Gasteiger partial charge is 0.253 e. The van der Waals surface area contributed by atoms with Crippen molar-refractivity contribution in [3.63, 3.8) is 0 Å². The van der Waals surface area contributed by atoms with E-state index in [9.17, 15) is 4.79 Å². The van der Waals surface area contributed by atoms with Crippen molar-refractivity contribution in [1.82, 2.24) is 10.3 Å². The Morgan fingerprint density at radius 1 is 1.00 bits per heavy atom. The summed E-state index contributed by atoms with van der Waals surface area (Å²) in [7, 11) is 0. The van der Waals surface area contributed by atoms with Gasteiger partial charge in [0.05, 0.1) is 11.6 Å². The van der Waals surface area contributed by atoms with Crippen molar-refractivity contribution in [3.05, 3.63) is 89.7 Å². The summed E-state index contributed by atoms with van der Waals surface area (Å²) in [5.74, 6) is 1.30. The summed E-state index contributed by atoms with van der Waals surface area (Å²) >= 11 is 0. The molecule has 0 spiro atoms. The number of rotatable bonds is 5. The Bertz CT molecular complexity index is 913. The molecular formula is C22H20N2O3. The standard InChI is InChI=1S/C22H20N2O3/c25-22(18-7-4-10-23-15-18)24-19(13-16-5-2-1-3-6-16)17-8-9-20-21(14-17)27-12-11-26-20/h1-10,14-15,19H,11-13H2,(H,24,25)/t19-/m1/s1. The second-order valence-electron chi connectivity index (χ2n) is 6.36. The summed E-state index contributed by atoms with van der Waals surface area (Å²) in [4.78, 5) is 16.7. The third-order valence-corrected chi connectivity index (χ3v) is 4.48. The van der Waals surface area contributed by atoms with Crippen LogP contribution in [-0.4, -0.2) is 24.1 Å². The zero-order valence-electron chi connectivity index (χ0n) is 14.8. The Kier molecular flexibility index (Phi) is 5.01. The lowest BCUT2D eigenvalue weighted by atomic mass is 9.98. The Hall–Kier alpha value is -3.34. The third kappa shape index (κ3) is 4.08. The van der Waals surface area contributed by atoms with E-state index < -0.39 is 0 Å². The van der Waals surface area contributed by atoms with Crippen LogP contribution in [0.3, 0.4) is 0 Å². The molecule has 27 heavy (non-hydrogen) atoms. The zero-order chi connectivity index (χ0) is 18.5. The van der Waals surface area contributed by atoms with Crippen LogP contribution in [0.15, 0.2) is 73.1 Å². The van der Waals surface area contributed by atoms with Gasteiger partial charge in [-0.1, -0.05) is 36.4 Å². The highest BCUT2D eigenvalue weighted by atomic mass is 16.6. The lowest BCUT2D eigenvalue weighted by molar-refractivity contribution is 0.0936. The number of aromatic nitrogens is 1. The lowest BCUT2D eigenvalue weighted by Gasteiger charge is -2.23. The van der Waals surface area contributed by atoms with Crippen LogP contribution in [0.2, 0.25) is 0 Å². The van der Waals surface area contributed by atoms with E-state index in [0.29, 0.717) is 30.9 Å². The molecule has 0 bridgehead atoms. The summed E-state index contributed by atoms with van der Waals surface area (Å²) in [6.07, 6.45) is 3.89. The normalized spacial score (nSPS) is 13.6. The first-order valence-corrected chi connectivity index (χ1v) is 8.94. The van der Waals surface area contributed by atoms with Crippen LogP contribution in [0.25, 0.3) is 0 Å². The summed E-state index contributed by atoms with van der Waals surface area (Å²) in [5, 5.41) is 3.13. The number of carbonyl (C=O) groups is 1. The van der Waals surface area contributed by atoms with Crippen molar-refractivity contribution in [3.8, 4) is 11.5 Å². The minimum Gasteiger partial charge on any atom is -0.486 e. The molecule has 1 N–H and O–H groups in total. The first-order valence-electron chi connectivity index (χ1n) is 8.94. The second kappa shape index (κ2) is 7.91. The molecule has 4 rings (SSSR count). The maximum Gasteiger partial charge on any atom is 0.253 e. The fraction of sp³-hybridized carbons (Fsp3) is 0.182. The lowest BCUT2D eigenvalue weighted by Crippen LogP contribution is -2.30. The van der Waals surface area contributed by atoms with Gasteiger partial charge in [0.25, 0.3) is 5.91 Å². The molecular weight excluding hydrogens is 340 g/mol. The fourth-order valence-electron chi connectivity index (χ4n) is 3.12. The van der Waals surface area contributed by atoms with Gasteiger partial charge in [-0.25, -0.2) is 0 Å². The number of carbonyl (C=O) groups excluding carboxylic acids is 1. The number of ether oxygens (including phenoxy) is 2. The number of benzene rings is 2. The van der Waals surface area contributed by atoms with Crippen LogP contribution in [0, 0.1) is 0 Å². The molecule has 2 heterocycles. The number of hydrogen-bond acceptors (Lipinski definition) is 4. The molecule has 0 radical (unpaired) electrons. The highest BCUT2D eigenvalue weighted by Gasteiger charge is 2.20. The Morgan fingerprint density at radius 3 is 2.59 bits per heavy atom. The highest BCUT2D eigenvalue weighted by Crippen LogP contribution is 2.33. The van der Waals surface area contributed by atoms with Crippen molar-refractivity contribution in [2.24, 2.45) is 0 Å². The molecule has 3 aromatic rings. The molecule has 5 nitrogen and oxygen atoms in total. The van der Waals surface area contributed by atoms with Crippen molar-refractivity contribution in [2.75, 3.05) is 13.2 Å². The summed E-state index contributed by atoms with van der Waals surface area (Å²) < 4.78 is 11.3. The second-order valence-corrected chi connectivity index (χ2v) is 6.36. The average molecular weight is 360 g/mol. The van der Waals surface area contributed by atoms with Crippen molar-refractivity contribution in [2.45, 2.75) is 12.5 Å². The third-order valence-electron chi connectivity index (χ3n) is 4.48. The van der Waals surface area contributed by atoms with E-state index in [2.05, 4.69) is 22.4 Å². The molecule has 0 unspecified atom stereocenters. The molecule has 0 fully saturated rings. The molecule has 2 aromatic carbocycles. The predicted octanol–water partition coefficient (Wildman–Crippen LogP) is 3.57. The van der Waals surface area contributed by atoms with Gasteiger partial charge in [-0.15, -0.1) is 0 Å². The van der Waals surface area contributed by atoms with Crippen LogP contribution in [-0.2, 0) is 6.42 Å². The molecule has 1 aromatic heterocycles. The molecule has 5 heteroatoms. The van der Waals surface area contributed by atoms with Gasteiger partial charge in [-0.3, -0.25) is 9.78 Å². The summed E-state index contributed by atoms with van der Waals surface area (Å²) in [6.45, 7) is 1.08. The van der Waals surface area contributed by atoms with Crippen LogP contribution >= 0.6 is 0 Å². The first-order chi connectivity index (χ1) is 13.3. The number of nitrogens with zero attached hydrogens (tertiary/aromatic N) is 1. The number of amides is 1. The Balaban J connectivity index is 1.62. The number of fused-ring (bicyclic) bond motifs is 1. The minimum absolute atomic E-state index is 0.154. The van der Waals surface area contributed by atoms with E-state index in [1.807, 2.05) is 36.4 Å². The number of pyridine rings is 1. The SMILES string of the molecule is O=C(N[C@H](Cc1ccccc1)c1ccc2c(c1)OCCO2)c1cccnc1. The first kappa shape index (κ1) is 17.1. The van der Waals surface area contributed by atoms with Crippen molar-refractivity contribution >= 4 is 5.91 Å². The fourth-order valence-corrected chi connectivity index (χ4v) is 3.12. The average Bonchev–Trinajstić information content (AvgIpc) is 2.74. The van der Waals surface area contributed by atoms with Gasteiger partial charge >= 0.3 is 0 Å².